The molecule has 5 rings (SSSR count). The molecule has 0 aromatic heterocycles. The molecule has 1 aliphatic heterocycles. The first-order valence-electron chi connectivity index (χ1n) is 9.83. The van der Waals surface area contributed by atoms with Crippen LogP contribution in [0.4, 0.5) is 27.6 Å². The number of halogens is 5. The topological polar surface area (TPSA) is 32.7 Å². The van der Waals surface area contributed by atoms with E-state index in [4.69, 9.17) is 0 Å². The average molecular weight is 452 g/mol. The van der Waals surface area contributed by atoms with Gasteiger partial charge in [-0.2, -0.15) is 10.1 Å². The molecule has 4 aromatic carbocycles. The van der Waals surface area contributed by atoms with Crippen molar-refractivity contribution in [3.8, 4) is 0 Å². The molecule has 1 aliphatic rings. The van der Waals surface area contributed by atoms with Crippen LogP contribution in [0, 0.1) is 29.1 Å². The minimum absolute atomic E-state index is 0.0274. The molecule has 0 fully saturated rings. The third kappa shape index (κ3) is 3.09. The molecule has 0 saturated heterocycles. The molecular formula is C25H13F5N2O. The third-order valence-electron chi connectivity index (χ3n) is 5.56. The molecule has 4 aromatic rings. The van der Waals surface area contributed by atoms with Gasteiger partial charge in [-0.1, -0.05) is 48.5 Å². The first-order valence-corrected chi connectivity index (χ1v) is 9.83. The summed E-state index contributed by atoms with van der Waals surface area (Å²) in [5.74, 6) is -11.9. The Balaban J connectivity index is 1.72. The molecule has 0 radical (unpaired) electrons. The fourth-order valence-corrected chi connectivity index (χ4v) is 3.96. The number of amides is 1. The Labute approximate surface area is 184 Å². The first kappa shape index (κ1) is 20.8. The summed E-state index contributed by atoms with van der Waals surface area (Å²) in [6, 6.07) is 16.9. The van der Waals surface area contributed by atoms with E-state index in [1.807, 2.05) is 54.6 Å². The monoisotopic (exact) mass is 452 g/mol. The zero-order valence-corrected chi connectivity index (χ0v) is 17.0. The lowest BCUT2D eigenvalue weighted by Gasteiger charge is -2.15. The van der Waals surface area contributed by atoms with E-state index in [1.165, 1.54) is 13.0 Å². The zero-order valence-electron chi connectivity index (χ0n) is 17.0. The number of carbonyl (C=O) groups is 1. The van der Waals surface area contributed by atoms with Crippen molar-refractivity contribution in [1.82, 2.24) is 0 Å². The summed E-state index contributed by atoms with van der Waals surface area (Å²) < 4.78 is 69.5. The van der Waals surface area contributed by atoms with E-state index in [1.54, 1.807) is 0 Å². The highest BCUT2D eigenvalue weighted by molar-refractivity contribution is 6.33. The molecule has 0 aliphatic carbocycles. The summed E-state index contributed by atoms with van der Waals surface area (Å²) in [6.45, 7) is 1.42. The Morgan fingerprint density at radius 2 is 1.24 bits per heavy atom. The highest BCUT2D eigenvalue weighted by Crippen LogP contribution is 2.36. The number of hydrazone groups is 1. The Hall–Kier alpha value is -4.07. The SMILES string of the molecule is CC1=NN(c2c(F)c(F)c(F)c(F)c2F)C(=O)/C1=C/c1c2ccccc2cc2ccccc12. The summed E-state index contributed by atoms with van der Waals surface area (Å²) in [4.78, 5) is 13.1. The van der Waals surface area contributed by atoms with Gasteiger partial charge in [0.15, 0.2) is 23.3 Å². The normalized spacial score (nSPS) is 15.2. The number of hydrogen-bond acceptors (Lipinski definition) is 2. The summed E-state index contributed by atoms with van der Waals surface area (Å²) in [5.41, 5.74) is -0.704. The summed E-state index contributed by atoms with van der Waals surface area (Å²) in [6.07, 6.45) is 1.53. The molecule has 0 unspecified atom stereocenters. The van der Waals surface area contributed by atoms with Gasteiger partial charge in [0.05, 0.1) is 11.3 Å². The van der Waals surface area contributed by atoms with Gasteiger partial charge in [-0.05, 0) is 46.2 Å². The second-order valence-electron chi connectivity index (χ2n) is 7.51. The fourth-order valence-electron chi connectivity index (χ4n) is 3.96. The van der Waals surface area contributed by atoms with Crippen molar-refractivity contribution >= 4 is 44.9 Å². The minimum atomic E-state index is -2.31. The number of nitrogens with zero attached hydrogens (tertiary/aromatic N) is 2. The molecule has 0 saturated carbocycles. The molecule has 0 atom stereocenters. The Morgan fingerprint density at radius 3 is 1.79 bits per heavy atom. The van der Waals surface area contributed by atoms with Crippen molar-refractivity contribution in [2.45, 2.75) is 6.92 Å². The van der Waals surface area contributed by atoms with Crippen LogP contribution in [0.25, 0.3) is 27.6 Å². The van der Waals surface area contributed by atoms with Gasteiger partial charge in [-0.25, -0.2) is 22.0 Å². The van der Waals surface area contributed by atoms with Crippen molar-refractivity contribution in [1.29, 1.82) is 0 Å². The van der Waals surface area contributed by atoms with Crippen LogP contribution in [0.1, 0.15) is 12.5 Å². The number of anilines is 1. The summed E-state index contributed by atoms with van der Waals surface area (Å²) >= 11 is 0. The third-order valence-corrected chi connectivity index (χ3v) is 5.56. The quantitative estimate of drug-likeness (QED) is 0.112. The van der Waals surface area contributed by atoms with Crippen LogP contribution in [-0.4, -0.2) is 11.6 Å². The van der Waals surface area contributed by atoms with Gasteiger partial charge >= 0.3 is 0 Å². The van der Waals surface area contributed by atoms with Crippen LogP contribution < -0.4 is 5.01 Å². The van der Waals surface area contributed by atoms with Crippen LogP contribution in [0.15, 0.2) is 65.3 Å². The zero-order chi connectivity index (χ0) is 23.4. The number of benzene rings is 4. The second-order valence-corrected chi connectivity index (χ2v) is 7.51. The lowest BCUT2D eigenvalue weighted by molar-refractivity contribution is -0.114. The summed E-state index contributed by atoms with van der Waals surface area (Å²) in [5, 5.41) is 7.46. The average Bonchev–Trinajstić information content (AvgIpc) is 3.09. The van der Waals surface area contributed by atoms with Gasteiger partial charge in [0.1, 0.15) is 5.69 Å². The maximum absolute atomic E-state index is 14.3. The van der Waals surface area contributed by atoms with E-state index in [0.29, 0.717) is 5.56 Å². The maximum Gasteiger partial charge on any atom is 0.280 e. The van der Waals surface area contributed by atoms with Gasteiger partial charge < -0.3 is 0 Å². The van der Waals surface area contributed by atoms with Gasteiger partial charge in [0, 0.05) is 0 Å². The van der Waals surface area contributed by atoms with Crippen LogP contribution in [0.2, 0.25) is 0 Å². The number of hydrogen-bond donors (Lipinski definition) is 0. The molecule has 1 amide bonds. The summed E-state index contributed by atoms with van der Waals surface area (Å²) in [7, 11) is 0. The van der Waals surface area contributed by atoms with Crippen LogP contribution in [0.5, 0.6) is 0 Å². The van der Waals surface area contributed by atoms with E-state index in [0.717, 1.165) is 21.5 Å². The highest BCUT2D eigenvalue weighted by atomic mass is 19.2. The van der Waals surface area contributed by atoms with E-state index < -0.39 is 40.7 Å². The molecule has 1 heterocycles. The van der Waals surface area contributed by atoms with Crippen LogP contribution in [0.3, 0.4) is 0 Å². The van der Waals surface area contributed by atoms with Gasteiger partial charge in [-0.15, -0.1) is 0 Å². The second kappa shape index (κ2) is 7.51. The van der Waals surface area contributed by atoms with Gasteiger partial charge in [0.25, 0.3) is 5.91 Å². The molecule has 164 valence electrons. The Morgan fingerprint density at radius 1 is 0.758 bits per heavy atom. The fraction of sp³-hybridized carbons (Fsp3) is 0.0400. The predicted octanol–water partition coefficient (Wildman–Crippen LogP) is 6.49. The van der Waals surface area contributed by atoms with Crippen molar-refractivity contribution in [2.75, 3.05) is 5.01 Å². The molecule has 0 N–H and O–H groups in total. The van der Waals surface area contributed by atoms with Crippen molar-refractivity contribution in [2.24, 2.45) is 5.10 Å². The predicted molar refractivity (Wildman–Crippen MR) is 116 cm³/mol. The number of carbonyl (C=O) groups excluding carboxylic acids is 1. The van der Waals surface area contributed by atoms with Gasteiger partial charge in [-0.3, -0.25) is 4.79 Å². The minimum Gasteiger partial charge on any atom is -0.267 e. The van der Waals surface area contributed by atoms with Crippen molar-refractivity contribution in [3.63, 3.8) is 0 Å². The lowest BCUT2D eigenvalue weighted by Crippen LogP contribution is -2.25. The highest BCUT2D eigenvalue weighted by Gasteiger charge is 2.37. The standard InChI is InChI=1S/C25H13F5N2O/c1-12-17(25(33)32(31-12)24-22(29)20(27)19(26)21(28)23(24)30)11-18-15-8-4-2-6-13(15)10-14-7-3-5-9-16(14)18/h2-11H,1H3/b17-11+. The van der Waals surface area contributed by atoms with Crippen molar-refractivity contribution in [3.05, 3.63) is 94.8 Å². The number of rotatable bonds is 2. The van der Waals surface area contributed by atoms with E-state index >= 15 is 0 Å². The number of fused-ring (bicyclic) bond motifs is 2. The molecule has 0 bridgehead atoms. The van der Waals surface area contributed by atoms with E-state index in [2.05, 4.69) is 5.10 Å². The molecular weight excluding hydrogens is 439 g/mol. The lowest BCUT2D eigenvalue weighted by atomic mass is 9.94. The molecule has 0 spiro atoms. The smallest absolute Gasteiger partial charge is 0.267 e. The molecule has 3 nitrogen and oxygen atoms in total. The molecule has 33 heavy (non-hydrogen) atoms. The maximum atomic E-state index is 14.3. The van der Waals surface area contributed by atoms with Crippen LogP contribution in [-0.2, 0) is 4.79 Å². The van der Waals surface area contributed by atoms with E-state index in [-0.39, 0.29) is 16.3 Å². The van der Waals surface area contributed by atoms with Crippen LogP contribution >= 0.6 is 0 Å². The molecule has 8 heteroatoms. The Kier molecular flexibility index (Phi) is 4.74. The van der Waals surface area contributed by atoms with E-state index in [9.17, 15) is 26.7 Å². The first-order chi connectivity index (χ1) is 15.8. The van der Waals surface area contributed by atoms with Gasteiger partial charge in [0.2, 0.25) is 5.82 Å². The van der Waals surface area contributed by atoms with Crippen molar-refractivity contribution < 1.29 is 26.7 Å². The largest absolute Gasteiger partial charge is 0.280 e. The Bertz CT molecular complexity index is 1480.